The van der Waals surface area contributed by atoms with Gasteiger partial charge in [-0.2, -0.15) is 0 Å². The lowest BCUT2D eigenvalue weighted by Gasteiger charge is -2.15. The van der Waals surface area contributed by atoms with Crippen LogP contribution >= 0.6 is 15.9 Å². The monoisotopic (exact) mass is 449 g/mol. The van der Waals surface area contributed by atoms with Gasteiger partial charge in [0.05, 0.1) is 12.4 Å². The Morgan fingerprint density at radius 1 is 1.10 bits per heavy atom. The van der Waals surface area contributed by atoms with Crippen LogP contribution in [0, 0.1) is 0 Å². The number of halogens is 1. The highest BCUT2D eigenvalue weighted by Gasteiger charge is 2.11. The van der Waals surface area contributed by atoms with Crippen LogP contribution in [0.4, 0.5) is 0 Å². The molecule has 0 aliphatic heterocycles. The number of carbonyl (C=O) groups is 1. The summed E-state index contributed by atoms with van der Waals surface area (Å²) < 4.78 is 8.64. The lowest BCUT2D eigenvalue weighted by molar-refractivity contribution is -0.123. The summed E-state index contributed by atoms with van der Waals surface area (Å²) in [5.41, 5.74) is 2.05. The Balaban J connectivity index is 1.34. The zero-order chi connectivity index (χ0) is 20.2. The number of amides is 1. The Labute approximate surface area is 177 Å². The van der Waals surface area contributed by atoms with Crippen LogP contribution in [-0.4, -0.2) is 22.1 Å². The first-order valence-electron chi connectivity index (χ1n) is 9.28. The first-order valence-corrected chi connectivity index (χ1v) is 10.1. The van der Waals surface area contributed by atoms with Gasteiger partial charge in [-0.05, 0) is 59.7 Å². The second kappa shape index (κ2) is 8.49. The first-order chi connectivity index (χ1) is 14.1. The second-order valence-electron chi connectivity index (χ2n) is 6.79. The molecule has 6 heteroatoms. The van der Waals surface area contributed by atoms with E-state index in [2.05, 4.69) is 26.2 Å². The number of ether oxygens (including phenoxy) is 1. The molecule has 4 aromatic rings. The number of aromatic nitrogens is 2. The summed E-state index contributed by atoms with van der Waals surface area (Å²) in [6.07, 6.45) is 5.39. The molecule has 0 fully saturated rings. The number of hydrogen-bond acceptors (Lipinski definition) is 3. The van der Waals surface area contributed by atoms with Crippen molar-refractivity contribution < 1.29 is 9.53 Å². The quantitative estimate of drug-likeness (QED) is 0.448. The molecule has 4 rings (SSSR count). The molecule has 0 bridgehead atoms. The molecule has 0 saturated heterocycles. The molecule has 1 amide bonds. The van der Waals surface area contributed by atoms with Crippen molar-refractivity contribution in [2.45, 2.75) is 13.0 Å². The highest BCUT2D eigenvalue weighted by Crippen LogP contribution is 2.24. The number of carbonyl (C=O) groups excluding carboxylic acids is 1. The third kappa shape index (κ3) is 4.66. The molecule has 29 heavy (non-hydrogen) atoms. The van der Waals surface area contributed by atoms with E-state index in [1.165, 1.54) is 0 Å². The van der Waals surface area contributed by atoms with Crippen LogP contribution in [0.15, 0.2) is 83.9 Å². The summed E-state index contributed by atoms with van der Waals surface area (Å²) in [5, 5.41) is 5.16. The van der Waals surface area contributed by atoms with Crippen molar-refractivity contribution in [1.29, 1.82) is 0 Å². The lowest BCUT2D eigenvalue weighted by atomic mass is 10.1. The minimum absolute atomic E-state index is 0.0283. The molecule has 0 radical (unpaired) electrons. The van der Waals surface area contributed by atoms with E-state index in [0.717, 1.165) is 26.5 Å². The summed E-state index contributed by atoms with van der Waals surface area (Å²) in [7, 11) is 0. The Morgan fingerprint density at radius 2 is 1.86 bits per heavy atom. The highest BCUT2D eigenvalue weighted by atomic mass is 79.9. The Morgan fingerprint density at radius 3 is 2.62 bits per heavy atom. The van der Waals surface area contributed by atoms with Gasteiger partial charge in [0.2, 0.25) is 0 Å². The first kappa shape index (κ1) is 19.2. The molecule has 1 aromatic heterocycles. The summed E-state index contributed by atoms with van der Waals surface area (Å²) in [4.78, 5) is 16.4. The van der Waals surface area contributed by atoms with Crippen molar-refractivity contribution in [3.05, 3.63) is 89.4 Å². The van der Waals surface area contributed by atoms with Gasteiger partial charge in [-0.15, -0.1) is 0 Å². The van der Waals surface area contributed by atoms with Crippen molar-refractivity contribution in [3.63, 3.8) is 0 Å². The molecule has 146 valence electrons. The van der Waals surface area contributed by atoms with Gasteiger partial charge >= 0.3 is 0 Å². The van der Waals surface area contributed by atoms with Crippen LogP contribution in [0.25, 0.3) is 16.5 Å². The zero-order valence-electron chi connectivity index (χ0n) is 15.9. The minimum Gasteiger partial charge on any atom is -0.484 e. The Hall–Kier alpha value is -3.12. The third-order valence-electron chi connectivity index (χ3n) is 4.72. The Kier molecular flexibility index (Phi) is 5.62. The summed E-state index contributed by atoms with van der Waals surface area (Å²) in [5.74, 6) is 0.513. The molecule has 3 aromatic carbocycles. The summed E-state index contributed by atoms with van der Waals surface area (Å²) in [6.45, 7) is 1.93. The van der Waals surface area contributed by atoms with Crippen molar-refractivity contribution in [2.24, 2.45) is 0 Å². The molecule has 0 aliphatic rings. The standard InChI is InChI=1S/C23H20BrN3O2/c1-16(17-3-7-21(8-4-17)27-11-10-25-15-27)26-23(28)14-29-22-9-5-18-12-20(24)6-2-19(18)13-22/h2-13,15-16H,14H2,1H3,(H,26,28). The average Bonchev–Trinajstić information content (AvgIpc) is 3.27. The van der Waals surface area contributed by atoms with E-state index in [4.69, 9.17) is 4.74 Å². The van der Waals surface area contributed by atoms with Gasteiger partial charge in [0.1, 0.15) is 5.75 Å². The second-order valence-corrected chi connectivity index (χ2v) is 7.71. The van der Waals surface area contributed by atoms with Crippen molar-refractivity contribution >= 4 is 32.6 Å². The van der Waals surface area contributed by atoms with E-state index in [1.54, 1.807) is 12.5 Å². The van der Waals surface area contributed by atoms with Crippen LogP contribution in [-0.2, 0) is 4.79 Å². The predicted octanol–water partition coefficient (Wildman–Crippen LogP) is 5.04. The largest absolute Gasteiger partial charge is 0.484 e. The minimum atomic E-state index is -0.160. The maximum atomic E-state index is 12.3. The van der Waals surface area contributed by atoms with Gasteiger partial charge in [0, 0.05) is 22.6 Å². The van der Waals surface area contributed by atoms with Crippen LogP contribution in [0.3, 0.4) is 0 Å². The maximum Gasteiger partial charge on any atom is 0.258 e. The molecule has 1 atom stereocenters. The number of nitrogens with one attached hydrogen (secondary N) is 1. The fourth-order valence-corrected chi connectivity index (χ4v) is 3.53. The molecular formula is C23H20BrN3O2. The third-order valence-corrected chi connectivity index (χ3v) is 5.21. The van der Waals surface area contributed by atoms with Gasteiger partial charge in [-0.3, -0.25) is 4.79 Å². The average molecular weight is 450 g/mol. The number of imidazole rings is 1. The number of nitrogens with zero attached hydrogens (tertiary/aromatic N) is 2. The highest BCUT2D eigenvalue weighted by molar-refractivity contribution is 9.10. The van der Waals surface area contributed by atoms with E-state index in [0.29, 0.717) is 5.75 Å². The van der Waals surface area contributed by atoms with E-state index in [-0.39, 0.29) is 18.6 Å². The number of benzene rings is 3. The molecule has 1 unspecified atom stereocenters. The fraction of sp³-hybridized carbons (Fsp3) is 0.130. The SMILES string of the molecule is CC(NC(=O)COc1ccc2cc(Br)ccc2c1)c1ccc(-n2ccnc2)cc1. The molecule has 5 nitrogen and oxygen atoms in total. The molecule has 0 saturated carbocycles. The molecular weight excluding hydrogens is 430 g/mol. The Bertz CT molecular complexity index is 1120. The van der Waals surface area contributed by atoms with E-state index >= 15 is 0 Å². The maximum absolute atomic E-state index is 12.3. The zero-order valence-corrected chi connectivity index (χ0v) is 17.5. The normalized spacial score (nSPS) is 11.9. The number of fused-ring (bicyclic) bond motifs is 1. The van der Waals surface area contributed by atoms with Gasteiger partial charge in [0.25, 0.3) is 5.91 Å². The van der Waals surface area contributed by atoms with Crippen LogP contribution in [0.2, 0.25) is 0 Å². The molecule has 0 aliphatic carbocycles. The predicted molar refractivity (Wildman–Crippen MR) is 117 cm³/mol. The van der Waals surface area contributed by atoms with E-state index in [1.807, 2.05) is 78.4 Å². The topological polar surface area (TPSA) is 56.1 Å². The van der Waals surface area contributed by atoms with Gasteiger partial charge in [0.15, 0.2) is 6.61 Å². The van der Waals surface area contributed by atoms with Crippen LogP contribution in [0.5, 0.6) is 5.75 Å². The van der Waals surface area contributed by atoms with E-state index in [9.17, 15) is 4.79 Å². The van der Waals surface area contributed by atoms with E-state index < -0.39 is 0 Å². The van der Waals surface area contributed by atoms with Gasteiger partial charge in [-0.25, -0.2) is 4.98 Å². The van der Waals surface area contributed by atoms with Crippen molar-refractivity contribution in [1.82, 2.24) is 14.9 Å². The summed E-state index contributed by atoms with van der Waals surface area (Å²) in [6, 6.07) is 19.7. The van der Waals surface area contributed by atoms with Gasteiger partial charge < -0.3 is 14.6 Å². The van der Waals surface area contributed by atoms with Crippen molar-refractivity contribution in [2.75, 3.05) is 6.61 Å². The smallest absolute Gasteiger partial charge is 0.258 e. The van der Waals surface area contributed by atoms with Gasteiger partial charge in [-0.1, -0.05) is 40.2 Å². The number of rotatable bonds is 6. The van der Waals surface area contributed by atoms with Crippen molar-refractivity contribution in [3.8, 4) is 11.4 Å². The summed E-state index contributed by atoms with van der Waals surface area (Å²) >= 11 is 3.47. The van der Waals surface area contributed by atoms with Crippen LogP contribution < -0.4 is 10.1 Å². The fourth-order valence-electron chi connectivity index (χ4n) is 3.15. The molecule has 0 spiro atoms. The molecule has 1 heterocycles. The lowest BCUT2D eigenvalue weighted by Crippen LogP contribution is -2.31. The van der Waals surface area contributed by atoms with Crippen LogP contribution in [0.1, 0.15) is 18.5 Å². The number of hydrogen-bond donors (Lipinski definition) is 1. The molecule has 1 N–H and O–H groups in total.